The molecule has 2 aromatic carbocycles. The van der Waals surface area contributed by atoms with E-state index in [0.29, 0.717) is 23.1 Å². The normalized spacial score (nSPS) is 15.5. The minimum absolute atomic E-state index is 0.188. The molecule has 0 atom stereocenters. The number of nitrogens with zero attached hydrogens (tertiary/aromatic N) is 1. The molecule has 0 radical (unpaired) electrons. The Kier molecular flexibility index (Phi) is 5.70. The van der Waals surface area contributed by atoms with Crippen molar-refractivity contribution in [2.75, 3.05) is 11.5 Å². The molecule has 1 N–H and O–H groups in total. The Balaban J connectivity index is 1.92. The van der Waals surface area contributed by atoms with Crippen LogP contribution in [-0.2, 0) is 4.79 Å². The van der Waals surface area contributed by atoms with Crippen LogP contribution in [0.1, 0.15) is 12.5 Å². The predicted octanol–water partition coefficient (Wildman–Crippen LogP) is 5.36. The van der Waals surface area contributed by atoms with Crippen LogP contribution in [0.15, 0.2) is 51.0 Å². The molecule has 1 heterocycles. The Morgan fingerprint density at radius 3 is 2.35 bits per heavy atom. The van der Waals surface area contributed by atoms with Crippen LogP contribution in [0.5, 0.6) is 5.75 Å². The number of carbonyl (C=O) groups excluding carboxylic acids is 2. The van der Waals surface area contributed by atoms with Crippen molar-refractivity contribution in [1.29, 1.82) is 0 Å². The van der Waals surface area contributed by atoms with E-state index in [2.05, 4.69) is 37.2 Å². The second kappa shape index (κ2) is 7.82. The smallest absolute Gasteiger partial charge is 0.333 e. The SMILES string of the molecule is CCOc1c(Br)cc(/C=C2/NC(=O)N(c3ccc(Cl)cc3)C2=O)cc1Br. The number of hydrogen-bond acceptors (Lipinski definition) is 3. The first-order valence-electron chi connectivity index (χ1n) is 7.65. The Hall–Kier alpha value is -1.83. The molecular weight excluding hydrogens is 487 g/mol. The molecular formula is C18H13Br2ClN2O3. The van der Waals surface area contributed by atoms with Gasteiger partial charge in [-0.15, -0.1) is 0 Å². The molecule has 134 valence electrons. The highest BCUT2D eigenvalue weighted by molar-refractivity contribution is 9.11. The molecule has 1 fully saturated rings. The van der Waals surface area contributed by atoms with Crippen molar-refractivity contribution < 1.29 is 14.3 Å². The lowest BCUT2D eigenvalue weighted by Crippen LogP contribution is -2.30. The van der Waals surface area contributed by atoms with Crippen LogP contribution in [0.25, 0.3) is 6.08 Å². The van der Waals surface area contributed by atoms with E-state index >= 15 is 0 Å². The summed E-state index contributed by atoms with van der Waals surface area (Å²) >= 11 is 12.8. The maximum atomic E-state index is 12.6. The summed E-state index contributed by atoms with van der Waals surface area (Å²) in [7, 11) is 0. The van der Waals surface area contributed by atoms with Gasteiger partial charge in [0.25, 0.3) is 5.91 Å². The number of nitrogens with one attached hydrogen (secondary N) is 1. The maximum Gasteiger partial charge on any atom is 0.333 e. The first kappa shape index (κ1) is 18.9. The van der Waals surface area contributed by atoms with E-state index in [0.717, 1.165) is 19.4 Å². The van der Waals surface area contributed by atoms with E-state index in [1.54, 1.807) is 30.3 Å². The minimum atomic E-state index is -0.507. The molecule has 1 aliphatic heterocycles. The van der Waals surface area contributed by atoms with Crippen molar-refractivity contribution >= 4 is 67.2 Å². The average molecular weight is 501 g/mol. The fraction of sp³-hybridized carbons (Fsp3) is 0.111. The Labute approximate surface area is 172 Å². The number of anilines is 1. The molecule has 1 aliphatic rings. The summed E-state index contributed by atoms with van der Waals surface area (Å²) < 4.78 is 7.03. The lowest BCUT2D eigenvalue weighted by atomic mass is 10.2. The van der Waals surface area contributed by atoms with Gasteiger partial charge in [0.15, 0.2) is 0 Å². The molecule has 2 aromatic rings. The summed E-state index contributed by atoms with van der Waals surface area (Å²) in [5, 5.41) is 3.13. The molecule has 26 heavy (non-hydrogen) atoms. The van der Waals surface area contributed by atoms with Crippen molar-refractivity contribution in [3.63, 3.8) is 0 Å². The zero-order valence-electron chi connectivity index (χ0n) is 13.6. The Bertz CT molecular complexity index is 890. The summed E-state index contributed by atoms with van der Waals surface area (Å²) in [5.41, 5.74) is 1.37. The Morgan fingerprint density at radius 2 is 1.77 bits per heavy atom. The number of ether oxygens (including phenoxy) is 1. The maximum absolute atomic E-state index is 12.6. The van der Waals surface area contributed by atoms with Crippen molar-refractivity contribution in [1.82, 2.24) is 5.32 Å². The second-order valence-corrected chi connectivity index (χ2v) is 7.50. The number of imide groups is 1. The van der Waals surface area contributed by atoms with Gasteiger partial charge in [-0.3, -0.25) is 4.79 Å². The minimum Gasteiger partial charge on any atom is -0.492 e. The second-order valence-electron chi connectivity index (χ2n) is 5.35. The molecule has 3 rings (SSSR count). The Morgan fingerprint density at radius 1 is 1.15 bits per heavy atom. The molecule has 0 aromatic heterocycles. The average Bonchev–Trinajstić information content (AvgIpc) is 2.86. The van der Waals surface area contributed by atoms with E-state index in [1.165, 1.54) is 0 Å². The largest absolute Gasteiger partial charge is 0.492 e. The van der Waals surface area contributed by atoms with E-state index in [9.17, 15) is 9.59 Å². The summed E-state index contributed by atoms with van der Waals surface area (Å²) in [5.74, 6) is 0.248. The van der Waals surface area contributed by atoms with Gasteiger partial charge in [0.2, 0.25) is 0 Å². The van der Waals surface area contributed by atoms with Crippen LogP contribution in [0.3, 0.4) is 0 Å². The molecule has 1 saturated heterocycles. The fourth-order valence-electron chi connectivity index (χ4n) is 2.47. The van der Waals surface area contributed by atoms with Crippen LogP contribution in [-0.4, -0.2) is 18.5 Å². The highest BCUT2D eigenvalue weighted by Crippen LogP contribution is 2.35. The molecule has 8 heteroatoms. The van der Waals surface area contributed by atoms with Crippen molar-refractivity contribution in [3.8, 4) is 5.75 Å². The predicted molar refractivity (Wildman–Crippen MR) is 108 cm³/mol. The highest BCUT2D eigenvalue weighted by atomic mass is 79.9. The third kappa shape index (κ3) is 3.79. The summed E-state index contributed by atoms with van der Waals surface area (Å²) in [6.07, 6.45) is 1.61. The molecule has 3 amide bonds. The molecule has 0 saturated carbocycles. The number of rotatable bonds is 4. The van der Waals surface area contributed by atoms with Crippen LogP contribution >= 0.6 is 43.5 Å². The number of amides is 3. The summed E-state index contributed by atoms with van der Waals surface area (Å²) in [6, 6.07) is 9.60. The number of urea groups is 1. The van der Waals surface area contributed by atoms with E-state index in [-0.39, 0.29) is 5.70 Å². The fourth-order valence-corrected chi connectivity index (χ4v) is 4.05. The molecule has 0 unspecified atom stereocenters. The van der Waals surface area contributed by atoms with Crippen LogP contribution in [0.4, 0.5) is 10.5 Å². The lowest BCUT2D eigenvalue weighted by molar-refractivity contribution is -0.113. The molecule has 0 spiro atoms. The van der Waals surface area contributed by atoms with Crippen molar-refractivity contribution in [3.05, 3.63) is 61.6 Å². The van der Waals surface area contributed by atoms with Crippen molar-refractivity contribution in [2.24, 2.45) is 0 Å². The summed E-state index contributed by atoms with van der Waals surface area (Å²) in [4.78, 5) is 25.9. The third-order valence-corrected chi connectivity index (χ3v) is 5.01. The van der Waals surface area contributed by atoms with Gasteiger partial charge in [0, 0.05) is 5.02 Å². The van der Waals surface area contributed by atoms with Gasteiger partial charge in [0.1, 0.15) is 11.4 Å². The zero-order valence-corrected chi connectivity index (χ0v) is 17.5. The molecule has 5 nitrogen and oxygen atoms in total. The van der Waals surface area contributed by atoms with E-state index in [1.807, 2.05) is 19.1 Å². The van der Waals surface area contributed by atoms with Crippen LogP contribution in [0.2, 0.25) is 5.02 Å². The van der Waals surface area contributed by atoms with Gasteiger partial charge in [0.05, 0.1) is 21.2 Å². The standard InChI is InChI=1S/C18H13Br2ClN2O3/c1-2-26-16-13(19)7-10(8-14(16)20)9-15-17(24)23(18(25)22-15)12-5-3-11(21)4-6-12/h3-9H,2H2,1H3,(H,22,25)/b15-9+. The summed E-state index contributed by atoms with van der Waals surface area (Å²) in [6.45, 7) is 2.43. The molecule has 0 aliphatic carbocycles. The van der Waals surface area contributed by atoms with Gasteiger partial charge in [-0.1, -0.05) is 11.6 Å². The number of benzene rings is 2. The quantitative estimate of drug-likeness (QED) is 0.454. The van der Waals surface area contributed by atoms with Gasteiger partial charge in [-0.05, 0) is 86.8 Å². The highest BCUT2D eigenvalue weighted by Gasteiger charge is 2.34. The topological polar surface area (TPSA) is 58.6 Å². The van der Waals surface area contributed by atoms with Gasteiger partial charge in [-0.2, -0.15) is 0 Å². The van der Waals surface area contributed by atoms with Gasteiger partial charge >= 0.3 is 6.03 Å². The lowest BCUT2D eigenvalue weighted by Gasteiger charge is -2.11. The van der Waals surface area contributed by atoms with E-state index in [4.69, 9.17) is 16.3 Å². The van der Waals surface area contributed by atoms with Gasteiger partial charge in [-0.25, -0.2) is 9.69 Å². The molecule has 0 bridgehead atoms. The zero-order chi connectivity index (χ0) is 18.8. The van der Waals surface area contributed by atoms with Gasteiger partial charge < -0.3 is 10.1 Å². The van der Waals surface area contributed by atoms with Crippen LogP contribution < -0.4 is 15.0 Å². The van der Waals surface area contributed by atoms with Crippen LogP contribution in [0, 0.1) is 0 Å². The van der Waals surface area contributed by atoms with Crippen molar-refractivity contribution in [2.45, 2.75) is 6.92 Å². The van der Waals surface area contributed by atoms with E-state index < -0.39 is 11.9 Å². The first-order valence-corrected chi connectivity index (χ1v) is 9.61. The monoisotopic (exact) mass is 498 g/mol. The first-order chi connectivity index (χ1) is 12.4. The third-order valence-electron chi connectivity index (χ3n) is 3.58. The number of halogens is 3. The number of carbonyl (C=O) groups is 2. The number of hydrogen-bond donors (Lipinski definition) is 1.